The van der Waals surface area contributed by atoms with Crippen LogP contribution in [0.15, 0.2) is 48.5 Å². The van der Waals surface area contributed by atoms with E-state index in [1.165, 1.54) is 0 Å². The maximum atomic E-state index is 12.4. The van der Waals surface area contributed by atoms with Gasteiger partial charge >= 0.3 is 0 Å². The van der Waals surface area contributed by atoms with Crippen LogP contribution in [0.25, 0.3) is 0 Å². The molecule has 5 nitrogen and oxygen atoms in total. The normalized spacial score (nSPS) is 10.2. The quantitative estimate of drug-likeness (QED) is 0.861. The summed E-state index contributed by atoms with van der Waals surface area (Å²) in [5, 5.41) is 3.09. The summed E-state index contributed by atoms with van der Waals surface area (Å²) in [4.78, 5) is 25.5. The second-order valence-electron chi connectivity index (χ2n) is 5.17. The largest absolute Gasteiger partial charge is 0.376 e. The molecule has 0 aliphatic carbocycles. The lowest BCUT2D eigenvalue weighted by Crippen LogP contribution is -2.35. The van der Waals surface area contributed by atoms with Crippen LogP contribution in [-0.2, 0) is 4.79 Å². The van der Waals surface area contributed by atoms with Gasteiger partial charge in [-0.15, -0.1) is 0 Å². The molecule has 0 aliphatic heterocycles. The van der Waals surface area contributed by atoms with Gasteiger partial charge in [-0.3, -0.25) is 9.59 Å². The Morgan fingerprint density at radius 3 is 2.39 bits per heavy atom. The maximum Gasteiger partial charge on any atom is 0.249 e. The Labute approximate surface area is 136 Å². The van der Waals surface area contributed by atoms with E-state index in [9.17, 15) is 9.59 Å². The van der Waals surface area contributed by atoms with E-state index in [-0.39, 0.29) is 12.5 Å². The van der Waals surface area contributed by atoms with Crippen molar-refractivity contribution in [2.45, 2.75) is 13.8 Å². The molecule has 3 N–H and O–H groups in total. The summed E-state index contributed by atoms with van der Waals surface area (Å²) in [6, 6.07) is 14.8. The predicted molar refractivity (Wildman–Crippen MR) is 92.7 cm³/mol. The van der Waals surface area contributed by atoms with Crippen molar-refractivity contribution in [1.29, 1.82) is 0 Å². The Hall–Kier alpha value is -2.82. The molecular weight excluding hydrogens is 290 g/mol. The highest BCUT2D eigenvalue weighted by molar-refractivity contribution is 5.98. The molecule has 5 heteroatoms. The highest BCUT2D eigenvalue weighted by Gasteiger charge is 2.14. The van der Waals surface area contributed by atoms with Crippen LogP contribution in [0.1, 0.15) is 22.8 Å². The standard InChI is InChI=1S/C18H21N3O2/c1-3-21(14-8-5-4-6-9-14)17(22)12-20-16-11-7-10-15(13(16)2)18(19)23/h4-11,20H,3,12H2,1-2H3,(H2,19,23). The number of carbonyl (C=O) groups excluding carboxylic acids is 2. The second kappa shape index (κ2) is 7.45. The number of nitrogens with one attached hydrogen (secondary N) is 1. The predicted octanol–water partition coefficient (Wildman–Crippen LogP) is 2.56. The van der Waals surface area contributed by atoms with E-state index in [1.807, 2.05) is 50.2 Å². The van der Waals surface area contributed by atoms with Gasteiger partial charge in [-0.1, -0.05) is 24.3 Å². The van der Waals surface area contributed by atoms with Gasteiger partial charge in [0, 0.05) is 23.5 Å². The number of benzene rings is 2. The van der Waals surface area contributed by atoms with Crippen LogP contribution in [0.5, 0.6) is 0 Å². The summed E-state index contributed by atoms with van der Waals surface area (Å²) < 4.78 is 0. The molecule has 0 spiro atoms. The van der Waals surface area contributed by atoms with Gasteiger partial charge in [0.05, 0.1) is 6.54 Å². The van der Waals surface area contributed by atoms with Crippen LogP contribution >= 0.6 is 0 Å². The summed E-state index contributed by atoms with van der Waals surface area (Å²) in [7, 11) is 0. The zero-order chi connectivity index (χ0) is 16.8. The van der Waals surface area contributed by atoms with Gasteiger partial charge < -0.3 is 16.0 Å². The molecule has 0 saturated carbocycles. The Morgan fingerprint density at radius 2 is 1.78 bits per heavy atom. The Morgan fingerprint density at radius 1 is 1.09 bits per heavy atom. The third kappa shape index (κ3) is 3.88. The minimum Gasteiger partial charge on any atom is -0.376 e. The number of nitrogens with zero attached hydrogens (tertiary/aromatic N) is 1. The fourth-order valence-corrected chi connectivity index (χ4v) is 2.47. The molecule has 0 atom stereocenters. The average Bonchev–Trinajstić information content (AvgIpc) is 2.55. The third-order valence-corrected chi connectivity index (χ3v) is 3.71. The molecule has 0 aromatic heterocycles. The number of nitrogens with two attached hydrogens (primary N) is 1. The molecule has 2 rings (SSSR count). The monoisotopic (exact) mass is 311 g/mol. The summed E-state index contributed by atoms with van der Waals surface area (Å²) in [5.41, 5.74) is 8.15. The molecule has 2 aromatic rings. The molecule has 0 fully saturated rings. The number of anilines is 2. The number of amides is 2. The van der Waals surface area contributed by atoms with Gasteiger partial charge in [0.25, 0.3) is 0 Å². The summed E-state index contributed by atoms with van der Waals surface area (Å²) in [6.07, 6.45) is 0. The lowest BCUT2D eigenvalue weighted by Gasteiger charge is -2.22. The Bertz CT molecular complexity index is 699. The molecule has 120 valence electrons. The number of hydrogen-bond acceptors (Lipinski definition) is 3. The number of likely N-dealkylation sites (N-methyl/N-ethyl adjacent to an activating group) is 1. The minimum absolute atomic E-state index is 0.0393. The minimum atomic E-state index is -0.475. The van der Waals surface area contributed by atoms with Crippen molar-refractivity contribution in [3.63, 3.8) is 0 Å². The van der Waals surface area contributed by atoms with Gasteiger partial charge in [-0.2, -0.15) is 0 Å². The molecule has 0 bridgehead atoms. The number of primary amides is 1. The average molecular weight is 311 g/mol. The van der Waals surface area contributed by atoms with E-state index in [1.54, 1.807) is 17.0 Å². The third-order valence-electron chi connectivity index (χ3n) is 3.71. The van der Waals surface area contributed by atoms with Crippen molar-refractivity contribution >= 4 is 23.2 Å². The highest BCUT2D eigenvalue weighted by Crippen LogP contribution is 2.19. The van der Waals surface area contributed by atoms with E-state index in [4.69, 9.17) is 5.73 Å². The number of para-hydroxylation sites is 1. The lowest BCUT2D eigenvalue weighted by atomic mass is 10.1. The number of rotatable bonds is 6. The smallest absolute Gasteiger partial charge is 0.249 e. The molecule has 0 aliphatic rings. The van der Waals surface area contributed by atoms with Crippen LogP contribution in [0, 0.1) is 6.92 Å². The van der Waals surface area contributed by atoms with Gasteiger partial charge in [0.1, 0.15) is 0 Å². The molecular formula is C18H21N3O2. The molecule has 0 saturated heterocycles. The second-order valence-corrected chi connectivity index (χ2v) is 5.17. The van der Waals surface area contributed by atoms with Gasteiger partial charge in [0.15, 0.2) is 0 Å². The van der Waals surface area contributed by atoms with Crippen molar-refractivity contribution in [2.24, 2.45) is 5.73 Å². The van der Waals surface area contributed by atoms with Crippen molar-refractivity contribution < 1.29 is 9.59 Å². The first-order valence-electron chi connectivity index (χ1n) is 7.53. The fraction of sp³-hybridized carbons (Fsp3) is 0.222. The van der Waals surface area contributed by atoms with Crippen LogP contribution in [-0.4, -0.2) is 24.9 Å². The van der Waals surface area contributed by atoms with Gasteiger partial charge in [-0.25, -0.2) is 0 Å². The zero-order valence-corrected chi connectivity index (χ0v) is 13.4. The van der Waals surface area contributed by atoms with Crippen molar-refractivity contribution in [3.8, 4) is 0 Å². The first kappa shape index (κ1) is 16.5. The first-order valence-corrected chi connectivity index (χ1v) is 7.53. The topological polar surface area (TPSA) is 75.4 Å². The van der Waals surface area contributed by atoms with Crippen molar-refractivity contribution in [2.75, 3.05) is 23.3 Å². The Balaban J connectivity index is 2.10. The van der Waals surface area contributed by atoms with Crippen LogP contribution < -0.4 is 16.0 Å². The highest BCUT2D eigenvalue weighted by atomic mass is 16.2. The number of carbonyl (C=O) groups is 2. The summed E-state index contributed by atoms with van der Waals surface area (Å²) >= 11 is 0. The van der Waals surface area contributed by atoms with Crippen molar-refractivity contribution in [1.82, 2.24) is 0 Å². The van der Waals surface area contributed by atoms with Gasteiger partial charge in [0.2, 0.25) is 11.8 Å². The summed E-state index contributed by atoms with van der Waals surface area (Å²) in [5.74, 6) is -0.514. The Kier molecular flexibility index (Phi) is 5.36. The number of hydrogen-bond donors (Lipinski definition) is 2. The molecule has 23 heavy (non-hydrogen) atoms. The molecule has 0 unspecified atom stereocenters. The summed E-state index contributed by atoms with van der Waals surface area (Å²) in [6.45, 7) is 4.47. The lowest BCUT2D eigenvalue weighted by molar-refractivity contribution is -0.116. The maximum absolute atomic E-state index is 12.4. The molecule has 2 aromatic carbocycles. The van der Waals surface area contributed by atoms with E-state index < -0.39 is 5.91 Å². The van der Waals surface area contributed by atoms with Crippen LogP contribution in [0.2, 0.25) is 0 Å². The zero-order valence-electron chi connectivity index (χ0n) is 13.4. The van der Waals surface area contributed by atoms with E-state index in [0.717, 1.165) is 16.9 Å². The van der Waals surface area contributed by atoms with Crippen LogP contribution in [0.4, 0.5) is 11.4 Å². The molecule has 0 heterocycles. The SMILES string of the molecule is CCN(C(=O)CNc1cccc(C(N)=O)c1C)c1ccccc1. The fourth-order valence-electron chi connectivity index (χ4n) is 2.47. The van der Waals surface area contributed by atoms with E-state index in [0.29, 0.717) is 12.1 Å². The van der Waals surface area contributed by atoms with Gasteiger partial charge in [-0.05, 0) is 43.7 Å². The van der Waals surface area contributed by atoms with E-state index >= 15 is 0 Å². The van der Waals surface area contributed by atoms with Crippen molar-refractivity contribution in [3.05, 3.63) is 59.7 Å². The molecule has 0 radical (unpaired) electrons. The van der Waals surface area contributed by atoms with Crippen LogP contribution in [0.3, 0.4) is 0 Å². The van der Waals surface area contributed by atoms with E-state index in [2.05, 4.69) is 5.32 Å². The molecule has 2 amide bonds. The first-order chi connectivity index (χ1) is 11.0.